The minimum absolute atomic E-state index is 0.00110. The van der Waals surface area contributed by atoms with Crippen LogP contribution in [0.1, 0.15) is 130 Å². The lowest BCUT2D eigenvalue weighted by molar-refractivity contribution is -0.0263. The number of amides is 5. The summed E-state index contributed by atoms with van der Waals surface area (Å²) in [7, 11) is 11.0. The number of primary amides is 5. The van der Waals surface area contributed by atoms with Crippen LogP contribution in [-0.4, -0.2) is 248 Å². The molecule has 6 aromatic heterocycles. The molecule has 5 amide bonds. The lowest BCUT2D eigenvalue weighted by atomic mass is 10.00. The van der Waals surface area contributed by atoms with Gasteiger partial charge in [-0.3, -0.25) is 24.0 Å². The molecule has 12 heterocycles. The number of thiazole rings is 1. The van der Waals surface area contributed by atoms with Gasteiger partial charge in [0.15, 0.2) is 39.5 Å². The molecule has 6 saturated heterocycles. The molecular weight excluding hydrogens is 1840 g/mol. The molecule has 6 aliphatic heterocycles. The minimum atomic E-state index is -2.75. The molecule has 0 unspecified atom stereocenters. The number of aliphatic hydroxyl groups excluding tert-OH is 1. The van der Waals surface area contributed by atoms with E-state index in [1.807, 2.05) is 152 Å². The van der Waals surface area contributed by atoms with Crippen LogP contribution in [0, 0.1) is 59.2 Å². The van der Waals surface area contributed by atoms with Gasteiger partial charge < -0.3 is 104 Å². The van der Waals surface area contributed by atoms with Gasteiger partial charge in [0, 0.05) is 181 Å². The van der Waals surface area contributed by atoms with Crippen molar-refractivity contribution in [1.82, 2.24) is 59.4 Å². The van der Waals surface area contributed by atoms with Crippen molar-refractivity contribution in [2.45, 2.75) is 86.2 Å². The van der Waals surface area contributed by atoms with Crippen molar-refractivity contribution < 1.29 is 72.9 Å². The Morgan fingerprint density at radius 2 is 0.797 bits per heavy atom. The summed E-state index contributed by atoms with van der Waals surface area (Å²) in [6.07, 6.45) is 4.00. The summed E-state index contributed by atoms with van der Waals surface area (Å²) in [4.78, 5) is 98.8. The molecule has 5 aromatic carbocycles. The largest absolute Gasteiger partial charge is 0.494 e. The number of ether oxygens (including phenoxy) is 2. The van der Waals surface area contributed by atoms with Crippen LogP contribution >= 0.6 is 11.3 Å². The highest BCUT2D eigenvalue weighted by Crippen LogP contribution is 2.39. The van der Waals surface area contributed by atoms with Gasteiger partial charge in [0.1, 0.15) is 28.5 Å². The quantitative estimate of drug-likeness (QED) is 0.0401. The highest BCUT2D eigenvalue weighted by molar-refractivity contribution is 7.16. The number of nitrogen functional groups attached to an aromatic ring is 1. The van der Waals surface area contributed by atoms with Crippen LogP contribution < -0.4 is 44.0 Å². The van der Waals surface area contributed by atoms with Crippen LogP contribution in [0.3, 0.4) is 0 Å². The monoisotopic (exact) mass is 1950 g/mol. The van der Waals surface area contributed by atoms with E-state index in [1.54, 1.807) is 67.2 Å². The Kier molecular flexibility index (Phi) is 31.6. The summed E-state index contributed by atoms with van der Waals surface area (Å²) in [5.74, 6) is 24.1. The second kappa shape index (κ2) is 43.5. The van der Waals surface area contributed by atoms with E-state index in [0.29, 0.717) is 179 Å². The van der Waals surface area contributed by atoms with E-state index in [1.165, 1.54) is 40.6 Å². The SMILES string of the molecule is C=C1N(C)CC[C@@]1(O)C#Cc1cc(-c2cnc(N)c(C(N)=O)n2)c2ncsc2c1.C=C1N(C)CC[C@@]1(O)C#Cc1cccc(-c2cc(CO)cc(C(N)=O)n2)c1.C=C1N(C)CC[C@@]1(O)C#Cc1cccc(-c2cc(COC)cc(C(N)=O)n2)c1.C=C1N(C)CC[C@@]1(O)C#Cc1cccc(-c2cc(N3CC(F)(F)C3)cc(C(N)=O)n2)c1.C=C1N(C)CC[C@@]1(O)C#Cc1cccc(-c2cc(OCC)cc(C(N)=O)n2)c1. The molecule has 11 aromatic rings. The average Bonchev–Trinajstić information content (AvgIpc) is 1.70. The van der Waals surface area contributed by atoms with Crippen molar-refractivity contribution in [3.63, 3.8) is 0 Å². The minimum Gasteiger partial charge on any atom is -0.494 e. The first-order valence-corrected chi connectivity index (χ1v) is 45.8. The summed E-state index contributed by atoms with van der Waals surface area (Å²) in [5, 5.41) is 62.9. The van der Waals surface area contributed by atoms with Crippen molar-refractivity contribution in [2.24, 2.45) is 28.7 Å². The molecule has 5 atom stereocenters. The van der Waals surface area contributed by atoms with Gasteiger partial charge in [-0.05, 0) is 115 Å². The molecule has 6 fully saturated rings. The summed E-state index contributed by atoms with van der Waals surface area (Å²) in [5.41, 5.74) is 43.5. The third-order valence-corrected chi connectivity index (χ3v) is 25.4. The van der Waals surface area contributed by atoms with Crippen molar-refractivity contribution in [3.8, 4) is 121 Å². The van der Waals surface area contributed by atoms with Crippen LogP contribution in [-0.2, 0) is 18.0 Å². The zero-order valence-electron chi connectivity index (χ0n) is 79.8. The zero-order valence-corrected chi connectivity index (χ0v) is 80.6. The smallest absolute Gasteiger partial charge is 0.282 e. The van der Waals surface area contributed by atoms with Crippen LogP contribution in [0.25, 0.3) is 66.5 Å². The number of likely N-dealkylation sites (N-methyl/N-ethyl adjacent to an activating group) is 5. The Labute approximate surface area is 829 Å². The predicted octanol–water partition coefficient (Wildman–Crippen LogP) is 8.98. The fraction of sp³-hybridized carbons (Fsp3) is 0.259. The Morgan fingerprint density at radius 3 is 1.15 bits per heavy atom. The average molecular weight is 1950 g/mol. The van der Waals surface area contributed by atoms with Gasteiger partial charge in [-0.1, -0.05) is 141 Å². The van der Waals surface area contributed by atoms with Gasteiger partial charge in [-0.2, -0.15) is 0 Å². The van der Waals surface area contributed by atoms with E-state index in [9.17, 15) is 63.4 Å². The van der Waals surface area contributed by atoms with E-state index in [0.717, 1.165) is 44.6 Å². The number of rotatable bonds is 16. The lowest BCUT2D eigenvalue weighted by Gasteiger charge is -2.40. The molecule has 0 saturated carbocycles. The number of halogens is 2. The Hall–Kier alpha value is -16.5. The van der Waals surface area contributed by atoms with Gasteiger partial charge >= 0.3 is 0 Å². The second-order valence-electron chi connectivity index (χ2n) is 34.9. The molecule has 0 radical (unpaired) electrons. The number of fused-ring (bicyclic) bond motifs is 1. The lowest BCUT2D eigenvalue weighted by Crippen LogP contribution is -2.56. The summed E-state index contributed by atoms with van der Waals surface area (Å²) in [6, 6.07) is 45.9. The van der Waals surface area contributed by atoms with Gasteiger partial charge in [0.05, 0.1) is 112 Å². The van der Waals surface area contributed by atoms with Gasteiger partial charge in [0.2, 0.25) is 0 Å². The van der Waals surface area contributed by atoms with E-state index in [-0.39, 0.29) is 40.9 Å². The number of carbonyl (C=O) groups is 5. The molecule has 0 aliphatic carbocycles. The molecule has 732 valence electrons. The number of carbonyl (C=O) groups excluding carboxylic acids is 5. The van der Waals surface area contributed by atoms with Gasteiger partial charge in [0.25, 0.3) is 35.5 Å². The third-order valence-electron chi connectivity index (χ3n) is 24.6. The molecular formula is C108H107F2N19O13S. The van der Waals surface area contributed by atoms with Gasteiger partial charge in [-0.25, -0.2) is 43.7 Å². The standard InChI is InChI=1S/C23H22F2N4O2.2C22H23N3O3.C21H21N3O3.C20H18N6O2S/c1-15-22(31,8-9-28(15)2)7-6-16-4-3-5-17(10-16)19-11-18(12-20(27-19)21(26)30)29-13-23(24,25)14-29;1-15-22(27,9-10-25(15)2)8-7-16-5-4-6-18(11-16)19-12-17(14-28-3)13-20(24-19)21(23)26;1-4-28-18-13-19(24-20(14-18)21(23)26)17-7-5-6-16(12-17)8-9-22(27)10-11-25(3)15(22)2;1-14-21(27,8-9-24(14)2)7-6-15-4-3-5-17(10-15)18-11-16(13-25)12-19(23-18)20(22)26;1-11-20(28,5-6-26(11)2)4-3-12-7-13(16-15(8-12)29-10-24-16)14-9-23-18(21)17(25-14)19(22)27/h3-5,10-12,31H,1,8-9,13-14H2,2H3,(H2,26,30);4-6,11-13,27H,1,9-10,14H2,2-3H3,(H2,23,26);5-7,12-14,27H,2,4,10-11H2,1,3H3,(H2,23,26);3-5,10-12,25,27H,1,8-9,13H2,2H3,(H2,22,26);7-10,28H,1,5-6H2,2H3,(H2,21,23)(H2,22,27)/t3*22-;21-;20-/m00000/s1. The number of aromatic nitrogens is 7. The summed E-state index contributed by atoms with van der Waals surface area (Å²) in [6.45, 7) is 24.7. The number of likely N-dealkylation sites (tertiary alicyclic amines) is 5. The molecule has 18 N–H and O–H groups in total. The molecule has 0 bridgehead atoms. The number of nitrogens with two attached hydrogens (primary N) is 6. The Balaban J connectivity index is 0.000000150. The van der Waals surface area contributed by atoms with Crippen LogP contribution in [0.15, 0.2) is 231 Å². The molecule has 35 heteroatoms. The molecule has 17 rings (SSSR count). The maximum atomic E-state index is 13.3. The van der Waals surface area contributed by atoms with E-state index in [2.05, 4.69) is 127 Å². The van der Waals surface area contributed by atoms with Crippen molar-refractivity contribution >= 4 is 62.6 Å². The fourth-order valence-electron chi connectivity index (χ4n) is 15.9. The maximum Gasteiger partial charge on any atom is 0.282 e. The summed E-state index contributed by atoms with van der Waals surface area (Å²) >= 11 is 1.45. The molecule has 32 nitrogen and oxygen atoms in total. The number of hydrogen-bond acceptors (Lipinski definition) is 28. The highest BCUT2D eigenvalue weighted by atomic mass is 32.1. The summed E-state index contributed by atoms with van der Waals surface area (Å²) < 4.78 is 38.2. The zero-order chi connectivity index (χ0) is 103. The molecule has 6 aliphatic rings. The number of alkyl halides is 2. The third kappa shape index (κ3) is 24.7. The number of benzene rings is 5. The molecule has 143 heavy (non-hydrogen) atoms. The number of nitrogens with zero attached hydrogens (tertiary/aromatic N) is 13. The van der Waals surface area contributed by atoms with Crippen molar-refractivity contribution in [2.75, 3.05) is 105 Å². The second-order valence-corrected chi connectivity index (χ2v) is 35.8. The molecule has 0 spiro atoms. The van der Waals surface area contributed by atoms with E-state index in [4.69, 9.17) is 43.9 Å². The highest BCUT2D eigenvalue weighted by Gasteiger charge is 2.45. The normalized spacial score (nSPS) is 19.4. The first kappa shape index (κ1) is 104. The van der Waals surface area contributed by atoms with E-state index < -0.39 is 76.6 Å². The topological polar surface area (TPSA) is 491 Å². The number of hydrogen-bond donors (Lipinski definition) is 12. The number of methoxy groups -OCH3 is 1. The van der Waals surface area contributed by atoms with Gasteiger partial charge in [-0.15, -0.1) is 11.3 Å². The Morgan fingerprint density at radius 1 is 0.441 bits per heavy atom. The van der Waals surface area contributed by atoms with E-state index >= 15 is 0 Å². The first-order chi connectivity index (χ1) is 67.8. The Bertz CT molecular complexity index is 7130. The fourth-order valence-corrected chi connectivity index (χ4v) is 16.6. The first-order valence-electron chi connectivity index (χ1n) is 44.9. The number of pyridine rings is 4. The van der Waals surface area contributed by atoms with Crippen molar-refractivity contribution in [3.05, 3.63) is 298 Å². The van der Waals surface area contributed by atoms with Crippen LogP contribution in [0.4, 0.5) is 20.3 Å². The van der Waals surface area contributed by atoms with Crippen LogP contribution in [0.5, 0.6) is 5.75 Å². The maximum absolute atomic E-state index is 13.3. The van der Waals surface area contributed by atoms with Crippen molar-refractivity contribution in [1.29, 1.82) is 0 Å². The van der Waals surface area contributed by atoms with Crippen LogP contribution in [0.2, 0.25) is 0 Å². The predicted molar refractivity (Wildman–Crippen MR) is 542 cm³/mol. The number of aliphatic hydroxyl groups is 6. The number of anilines is 2.